The molecule has 0 bridgehead atoms. The van der Waals surface area contributed by atoms with E-state index in [1.165, 1.54) is 0 Å². The predicted molar refractivity (Wildman–Crippen MR) is 149 cm³/mol. The summed E-state index contributed by atoms with van der Waals surface area (Å²) in [6.07, 6.45) is 4.83. The van der Waals surface area contributed by atoms with Gasteiger partial charge in [-0.15, -0.1) is 0 Å². The van der Waals surface area contributed by atoms with Gasteiger partial charge in [-0.1, -0.05) is 29.8 Å². The third kappa shape index (κ3) is 5.84. The molecule has 3 aromatic rings. The zero-order chi connectivity index (χ0) is 25.9. The van der Waals surface area contributed by atoms with Crippen molar-refractivity contribution in [1.82, 2.24) is 20.5 Å². The first kappa shape index (κ1) is 25.8. The van der Waals surface area contributed by atoms with Crippen molar-refractivity contribution in [2.24, 2.45) is 11.8 Å². The molecule has 2 aliphatic rings. The van der Waals surface area contributed by atoms with E-state index >= 15 is 0 Å². The van der Waals surface area contributed by atoms with Gasteiger partial charge >= 0.3 is 0 Å². The lowest BCUT2D eigenvalue weighted by Crippen LogP contribution is -2.54. The van der Waals surface area contributed by atoms with Gasteiger partial charge in [0.25, 0.3) is 0 Å². The smallest absolute Gasteiger partial charge is 0.249 e. The van der Waals surface area contributed by atoms with Crippen LogP contribution in [0.25, 0.3) is 10.9 Å². The highest BCUT2D eigenvalue weighted by atomic mass is 35.5. The highest BCUT2D eigenvalue weighted by Crippen LogP contribution is 2.33. The van der Waals surface area contributed by atoms with E-state index in [0.29, 0.717) is 18.0 Å². The number of H-pyrrole nitrogens is 1. The average molecular weight is 522 g/mol. The number of anilines is 1. The van der Waals surface area contributed by atoms with Gasteiger partial charge in [0, 0.05) is 53.2 Å². The molecule has 2 aliphatic heterocycles. The van der Waals surface area contributed by atoms with Crippen molar-refractivity contribution in [2.75, 3.05) is 45.2 Å². The number of piperidine rings is 1. The molecule has 1 saturated heterocycles. The lowest BCUT2D eigenvalue weighted by atomic mass is 9.90. The molecule has 0 spiro atoms. The molecule has 5 rings (SSSR count). The van der Waals surface area contributed by atoms with E-state index in [-0.39, 0.29) is 23.7 Å². The van der Waals surface area contributed by atoms with Crippen LogP contribution >= 0.6 is 11.6 Å². The maximum atomic E-state index is 14.3. The highest BCUT2D eigenvalue weighted by molar-refractivity contribution is 6.30. The quantitative estimate of drug-likeness (QED) is 0.443. The average Bonchev–Trinajstić information content (AvgIpc) is 3.30. The molecule has 3 heterocycles. The van der Waals surface area contributed by atoms with Gasteiger partial charge in [0.2, 0.25) is 11.8 Å². The van der Waals surface area contributed by atoms with Gasteiger partial charge in [0.1, 0.15) is 6.04 Å². The molecule has 2 unspecified atom stereocenters. The summed E-state index contributed by atoms with van der Waals surface area (Å²) in [6, 6.07) is 13.2. The molecule has 2 aromatic carbocycles. The Hall–Kier alpha value is -2.87. The van der Waals surface area contributed by atoms with Crippen LogP contribution in [-0.2, 0) is 22.4 Å². The van der Waals surface area contributed by atoms with Gasteiger partial charge in [-0.2, -0.15) is 0 Å². The highest BCUT2D eigenvalue weighted by Gasteiger charge is 2.35. The van der Waals surface area contributed by atoms with Gasteiger partial charge in [-0.05, 0) is 87.8 Å². The number of para-hydroxylation sites is 1. The van der Waals surface area contributed by atoms with Crippen molar-refractivity contribution in [3.05, 3.63) is 64.8 Å². The molecule has 1 aromatic heterocycles. The normalized spacial score (nSPS) is 19.1. The fraction of sp³-hybridized carbons (Fsp3) is 0.448. The summed E-state index contributed by atoms with van der Waals surface area (Å²) < 4.78 is 0. The van der Waals surface area contributed by atoms with Crippen LogP contribution < -0.4 is 15.5 Å². The fourth-order valence-corrected chi connectivity index (χ4v) is 6.04. The zero-order valence-corrected chi connectivity index (χ0v) is 22.4. The molecule has 1 fully saturated rings. The largest absolute Gasteiger partial charge is 0.361 e. The maximum absolute atomic E-state index is 14.3. The minimum absolute atomic E-state index is 0.0297. The van der Waals surface area contributed by atoms with Crippen LogP contribution in [0.1, 0.15) is 24.0 Å². The summed E-state index contributed by atoms with van der Waals surface area (Å²) in [5.74, 6) is 0.102. The van der Waals surface area contributed by atoms with E-state index in [9.17, 15) is 9.59 Å². The van der Waals surface area contributed by atoms with Crippen LogP contribution in [0, 0.1) is 11.8 Å². The third-order valence-corrected chi connectivity index (χ3v) is 7.83. The lowest BCUT2D eigenvalue weighted by molar-refractivity contribution is -0.130. The minimum Gasteiger partial charge on any atom is -0.361 e. The second-order valence-corrected chi connectivity index (χ2v) is 11.1. The molecule has 0 radical (unpaired) electrons. The molecular weight excluding hydrogens is 486 g/mol. The number of nitrogens with one attached hydrogen (secondary N) is 3. The Morgan fingerprint density at radius 3 is 2.73 bits per heavy atom. The number of hydrogen-bond donors (Lipinski definition) is 3. The summed E-state index contributed by atoms with van der Waals surface area (Å²) in [6.45, 7) is 3.13. The van der Waals surface area contributed by atoms with Crippen molar-refractivity contribution in [3.63, 3.8) is 0 Å². The second-order valence-electron chi connectivity index (χ2n) is 10.7. The Morgan fingerprint density at radius 1 is 1.16 bits per heavy atom. The molecule has 2 atom stereocenters. The Labute approximate surface area is 223 Å². The molecule has 196 valence electrons. The zero-order valence-electron chi connectivity index (χ0n) is 21.6. The molecule has 0 aliphatic carbocycles. The van der Waals surface area contributed by atoms with Gasteiger partial charge in [0.15, 0.2) is 0 Å². The molecule has 37 heavy (non-hydrogen) atoms. The van der Waals surface area contributed by atoms with Crippen LogP contribution in [0.15, 0.2) is 48.7 Å². The van der Waals surface area contributed by atoms with Crippen molar-refractivity contribution in [1.29, 1.82) is 0 Å². The van der Waals surface area contributed by atoms with Gasteiger partial charge in [0.05, 0.1) is 0 Å². The SMILES string of the molecule is CN(C)CC1Cc2cc(Cl)ccc2N(C(=O)C(Cc2c[nH]c3ccccc23)NC(=O)C2CCNCC2)C1. The number of amides is 2. The summed E-state index contributed by atoms with van der Waals surface area (Å²) in [7, 11) is 4.11. The van der Waals surface area contributed by atoms with E-state index in [1.54, 1.807) is 0 Å². The molecule has 2 amide bonds. The monoisotopic (exact) mass is 521 g/mol. The van der Waals surface area contributed by atoms with E-state index in [2.05, 4.69) is 40.7 Å². The third-order valence-electron chi connectivity index (χ3n) is 7.59. The van der Waals surface area contributed by atoms with E-state index < -0.39 is 6.04 Å². The van der Waals surface area contributed by atoms with E-state index in [4.69, 9.17) is 11.6 Å². The summed E-state index contributed by atoms with van der Waals surface area (Å²) in [5.41, 5.74) is 4.02. The van der Waals surface area contributed by atoms with Crippen LogP contribution in [0.3, 0.4) is 0 Å². The second kappa shape index (κ2) is 11.3. The number of aromatic nitrogens is 1. The van der Waals surface area contributed by atoms with Gasteiger partial charge in [-0.25, -0.2) is 0 Å². The van der Waals surface area contributed by atoms with Gasteiger partial charge in [-0.3, -0.25) is 9.59 Å². The van der Waals surface area contributed by atoms with Crippen LogP contribution in [0.2, 0.25) is 5.02 Å². The summed E-state index contributed by atoms with van der Waals surface area (Å²) >= 11 is 6.35. The van der Waals surface area contributed by atoms with Crippen LogP contribution in [-0.4, -0.2) is 68.0 Å². The number of carbonyl (C=O) groups excluding carboxylic acids is 2. The minimum atomic E-state index is -0.664. The Morgan fingerprint density at radius 2 is 1.95 bits per heavy atom. The van der Waals surface area contributed by atoms with Crippen LogP contribution in [0.4, 0.5) is 5.69 Å². The number of rotatable bonds is 7. The molecule has 7 nitrogen and oxygen atoms in total. The van der Waals surface area contributed by atoms with Crippen molar-refractivity contribution < 1.29 is 9.59 Å². The fourth-order valence-electron chi connectivity index (χ4n) is 5.84. The van der Waals surface area contributed by atoms with Crippen molar-refractivity contribution >= 4 is 40.0 Å². The summed E-state index contributed by atoms with van der Waals surface area (Å²) in [5, 5.41) is 8.24. The molecule has 3 N–H and O–H groups in total. The molecule has 8 heteroatoms. The lowest BCUT2D eigenvalue weighted by Gasteiger charge is -2.38. The number of benzene rings is 2. The molecule has 0 saturated carbocycles. The van der Waals surface area contributed by atoms with Crippen LogP contribution in [0.5, 0.6) is 0 Å². The first-order valence-corrected chi connectivity index (χ1v) is 13.6. The first-order valence-electron chi connectivity index (χ1n) is 13.2. The molecular formula is C29H36ClN5O2. The Kier molecular flexibility index (Phi) is 7.84. The van der Waals surface area contributed by atoms with E-state index in [1.807, 2.05) is 47.5 Å². The van der Waals surface area contributed by atoms with Crippen molar-refractivity contribution in [3.8, 4) is 0 Å². The first-order chi connectivity index (χ1) is 17.9. The van der Waals surface area contributed by atoms with Crippen molar-refractivity contribution in [2.45, 2.75) is 31.7 Å². The maximum Gasteiger partial charge on any atom is 0.249 e. The van der Waals surface area contributed by atoms with E-state index in [0.717, 1.165) is 66.6 Å². The Balaban J connectivity index is 1.46. The Bertz CT molecular complexity index is 1270. The number of halogens is 1. The number of aromatic amines is 1. The predicted octanol–water partition coefficient (Wildman–Crippen LogP) is 3.62. The van der Waals surface area contributed by atoms with Gasteiger partial charge < -0.3 is 25.4 Å². The summed E-state index contributed by atoms with van der Waals surface area (Å²) in [4.78, 5) is 35.0. The topological polar surface area (TPSA) is 80.5 Å². The number of fused-ring (bicyclic) bond motifs is 2. The number of nitrogens with zero attached hydrogens (tertiary/aromatic N) is 2. The number of hydrogen-bond acceptors (Lipinski definition) is 4. The standard InChI is InChI=1S/C29H36ClN5O2/c1-34(2)17-19-13-21-14-23(30)7-8-27(21)35(18-19)29(37)26(33-28(36)20-9-11-31-12-10-20)15-22-16-32-25-6-4-3-5-24(22)25/h3-8,14,16,19-20,26,31-32H,9-13,15,17-18H2,1-2H3,(H,33,36). The number of carbonyl (C=O) groups is 2.